The molecule has 0 saturated heterocycles. The Morgan fingerprint density at radius 3 is 2.00 bits per heavy atom. The zero-order chi connectivity index (χ0) is 21.6. The molecule has 0 aromatic heterocycles. The highest BCUT2D eigenvalue weighted by molar-refractivity contribution is 6.01. The Morgan fingerprint density at radius 1 is 0.793 bits per heavy atom. The minimum Gasteiger partial charge on any atom is -0.493 e. The Balaban J connectivity index is 1.90. The first-order chi connectivity index (χ1) is 13.8. The molecule has 0 amide bonds. The van der Waals surface area contributed by atoms with Gasteiger partial charge in [-0.05, 0) is 50.1 Å². The Bertz CT molecular complexity index is 906. The van der Waals surface area contributed by atoms with Gasteiger partial charge in [0.05, 0.1) is 20.6 Å². The molecule has 0 aliphatic heterocycles. The lowest BCUT2D eigenvalue weighted by molar-refractivity contribution is -0.142. The van der Waals surface area contributed by atoms with Crippen LogP contribution in [-0.4, -0.2) is 38.4 Å². The van der Waals surface area contributed by atoms with Gasteiger partial charge in [0.15, 0.2) is 23.9 Å². The van der Waals surface area contributed by atoms with Gasteiger partial charge >= 0.3 is 5.97 Å². The van der Waals surface area contributed by atoms with E-state index in [1.54, 1.807) is 18.2 Å². The summed E-state index contributed by atoms with van der Waals surface area (Å²) >= 11 is 0. The maximum atomic E-state index is 12.4. The summed E-state index contributed by atoms with van der Waals surface area (Å²) in [6.07, 6.45) is -0.128. The van der Waals surface area contributed by atoms with Gasteiger partial charge in [-0.1, -0.05) is 17.7 Å². The second-order valence-electron chi connectivity index (χ2n) is 6.85. The number of Topliss-reactive ketones (excluding diaryl/α,β-unsaturated/α-hetero) is 2. The molecule has 2 aromatic rings. The lowest BCUT2D eigenvalue weighted by Gasteiger charge is -2.11. The quantitative estimate of drug-likeness (QED) is 0.469. The molecule has 2 aromatic carbocycles. The molecular formula is C23H26O6. The van der Waals surface area contributed by atoms with Gasteiger partial charge in [0, 0.05) is 17.5 Å². The Labute approximate surface area is 170 Å². The summed E-state index contributed by atoms with van der Waals surface area (Å²) in [7, 11) is 2.99. The normalized spacial score (nSPS) is 10.4. The van der Waals surface area contributed by atoms with Crippen LogP contribution in [-0.2, 0) is 9.53 Å². The van der Waals surface area contributed by atoms with E-state index < -0.39 is 5.97 Å². The molecule has 6 heteroatoms. The van der Waals surface area contributed by atoms with E-state index in [0.717, 1.165) is 16.7 Å². The molecule has 29 heavy (non-hydrogen) atoms. The highest BCUT2D eigenvalue weighted by Gasteiger charge is 2.17. The molecule has 0 bridgehead atoms. The zero-order valence-corrected chi connectivity index (χ0v) is 17.5. The van der Waals surface area contributed by atoms with Gasteiger partial charge in [-0.15, -0.1) is 0 Å². The molecule has 0 N–H and O–H groups in total. The maximum absolute atomic E-state index is 12.4. The van der Waals surface area contributed by atoms with E-state index in [2.05, 4.69) is 0 Å². The van der Waals surface area contributed by atoms with Crippen molar-refractivity contribution in [2.75, 3.05) is 20.8 Å². The summed E-state index contributed by atoms with van der Waals surface area (Å²) in [5.74, 6) is -0.104. The third-order valence-electron chi connectivity index (χ3n) is 4.58. The lowest BCUT2D eigenvalue weighted by atomic mass is 9.97. The fourth-order valence-electron chi connectivity index (χ4n) is 3.28. The van der Waals surface area contributed by atoms with Gasteiger partial charge in [-0.3, -0.25) is 14.4 Å². The number of carbonyl (C=O) groups excluding carboxylic acids is 3. The molecule has 2 rings (SSSR count). The topological polar surface area (TPSA) is 78.9 Å². The van der Waals surface area contributed by atoms with Crippen LogP contribution in [0.4, 0.5) is 0 Å². The molecule has 154 valence electrons. The highest BCUT2D eigenvalue weighted by atomic mass is 16.5. The van der Waals surface area contributed by atoms with E-state index >= 15 is 0 Å². The first kappa shape index (κ1) is 22.1. The molecule has 0 fully saturated rings. The molecule has 0 saturated carbocycles. The van der Waals surface area contributed by atoms with Crippen LogP contribution >= 0.6 is 0 Å². The molecule has 0 spiro atoms. The molecular weight excluding hydrogens is 372 g/mol. The van der Waals surface area contributed by atoms with Crippen LogP contribution in [0.5, 0.6) is 11.5 Å². The Morgan fingerprint density at radius 2 is 1.41 bits per heavy atom. The van der Waals surface area contributed by atoms with Gasteiger partial charge in [0.1, 0.15) is 0 Å². The third kappa shape index (κ3) is 5.67. The average molecular weight is 398 g/mol. The number of methoxy groups -OCH3 is 2. The van der Waals surface area contributed by atoms with Crippen molar-refractivity contribution in [3.63, 3.8) is 0 Å². The first-order valence-electron chi connectivity index (χ1n) is 9.28. The van der Waals surface area contributed by atoms with Crippen LogP contribution in [0.25, 0.3) is 0 Å². The van der Waals surface area contributed by atoms with Gasteiger partial charge in [0.25, 0.3) is 0 Å². The number of hydrogen-bond donors (Lipinski definition) is 0. The third-order valence-corrected chi connectivity index (χ3v) is 4.58. The van der Waals surface area contributed by atoms with E-state index in [1.807, 2.05) is 32.9 Å². The number of benzene rings is 2. The number of esters is 1. The maximum Gasteiger partial charge on any atom is 0.306 e. The van der Waals surface area contributed by atoms with Crippen molar-refractivity contribution in [2.45, 2.75) is 33.6 Å². The largest absolute Gasteiger partial charge is 0.493 e. The number of rotatable bonds is 9. The number of carbonyl (C=O) groups is 3. The number of aryl methyl sites for hydroxylation is 3. The smallest absolute Gasteiger partial charge is 0.306 e. The van der Waals surface area contributed by atoms with Crippen molar-refractivity contribution >= 4 is 17.5 Å². The number of ether oxygens (including phenoxy) is 3. The molecule has 0 heterocycles. The molecule has 6 nitrogen and oxygen atoms in total. The fraction of sp³-hybridized carbons (Fsp3) is 0.348. The molecule has 0 unspecified atom stereocenters. The second-order valence-corrected chi connectivity index (χ2v) is 6.85. The van der Waals surface area contributed by atoms with E-state index in [9.17, 15) is 14.4 Å². The molecule has 0 atom stereocenters. The van der Waals surface area contributed by atoms with Crippen molar-refractivity contribution in [2.24, 2.45) is 0 Å². The molecule has 0 aliphatic rings. The second kappa shape index (κ2) is 9.87. The standard InChI is InChI=1S/C23H26O6/c1-14-10-15(2)23(16(3)11-14)19(25)13-29-22(26)9-7-18(24)17-6-8-20(27-4)21(12-17)28-5/h6,8,10-12H,7,9,13H2,1-5H3. The molecule has 0 aliphatic carbocycles. The minimum absolute atomic E-state index is 0.0227. The predicted molar refractivity (Wildman–Crippen MR) is 109 cm³/mol. The summed E-state index contributed by atoms with van der Waals surface area (Å²) in [6, 6.07) is 8.66. The lowest BCUT2D eigenvalue weighted by Crippen LogP contribution is -2.17. The Kier molecular flexibility index (Phi) is 7.53. The number of hydrogen-bond acceptors (Lipinski definition) is 6. The van der Waals surface area contributed by atoms with Crippen molar-refractivity contribution in [1.29, 1.82) is 0 Å². The van der Waals surface area contributed by atoms with E-state index in [4.69, 9.17) is 14.2 Å². The zero-order valence-electron chi connectivity index (χ0n) is 17.5. The van der Waals surface area contributed by atoms with E-state index in [-0.39, 0.29) is 31.0 Å². The van der Waals surface area contributed by atoms with Crippen molar-refractivity contribution in [3.8, 4) is 11.5 Å². The van der Waals surface area contributed by atoms with Crippen LogP contribution in [0, 0.1) is 20.8 Å². The predicted octanol–water partition coefficient (Wildman–Crippen LogP) is 4.02. The fourth-order valence-corrected chi connectivity index (χ4v) is 3.28. The monoisotopic (exact) mass is 398 g/mol. The van der Waals surface area contributed by atoms with Crippen LogP contribution < -0.4 is 9.47 Å². The van der Waals surface area contributed by atoms with Gasteiger partial charge in [-0.2, -0.15) is 0 Å². The summed E-state index contributed by atoms with van der Waals surface area (Å²) < 4.78 is 15.4. The molecule has 0 radical (unpaired) electrons. The van der Waals surface area contributed by atoms with Crippen molar-refractivity contribution in [1.82, 2.24) is 0 Å². The summed E-state index contributed by atoms with van der Waals surface area (Å²) in [4.78, 5) is 36.7. The first-order valence-corrected chi connectivity index (χ1v) is 9.28. The minimum atomic E-state index is -0.588. The van der Waals surface area contributed by atoms with Crippen LogP contribution in [0.3, 0.4) is 0 Å². The van der Waals surface area contributed by atoms with Crippen molar-refractivity contribution < 1.29 is 28.6 Å². The van der Waals surface area contributed by atoms with Crippen LogP contribution in [0.2, 0.25) is 0 Å². The summed E-state index contributed by atoms with van der Waals surface area (Å²) in [5, 5.41) is 0. The van der Waals surface area contributed by atoms with E-state index in [1.165, 1.54) is 14.2 Å². The Hall–Kier alpha value is -3.15. The summed E-state index contributed by atoms with van der Waals surface area (Å²) in [5.41, 5.74) is 3.77. The van der Waals surface area contributed by atoms with Gasteiger partial charge < -0.3 is 14.2 Å². The van der Waals surface area contributed by atoms with Gasteiger partial charge in [0.2, 0.25) is 5.78 Å². The van der Waals surface area contributed by atoms with Crippen molar-refractivity contribution in [3.05, 3.63) is 58.1 Å². The van der Waals surface area contributed by atoms with Gasteiger partial charge in [-0.25, -0.2) is 0 Å². The van der Waals surface area contributed by atoms with E-state index in [0.29, 0.717) is 22.6 Å². The average Bonchev–Trinajstić information content (AvgIpc) is 2.69. The highest BCUT2D eigenvalue weighted by Crippen LogP contribution is 2.28. The van der Waals surface area contributed by atoms with Crippen LogP contribution in [0.15, 0.2) is 30.3 Å². The number of ketones is 2. The van der Waals surface area contributed by atoms with Crippen LogP contribution in [0.1, 0.15) is 50.2 Å². The SMILES string of the molecule is COc1ccc(C(=O)CCC(=O)OCC(=O)c2c(C)cc(C)cc2C)cc1OC. The summed E-state index contributed by atoms with van der Waals surface area (Å²) in [6.45, 7) is 5.34.